The molecular formula is C18H20N3O3+. The second-order valence-electron chi connectivity index (χ2n) is 5.83. The van der Waals surface area contributed by atoms with Gasteiger partial charge in [0.25, 0.3) is 0 Å². The van der Waals surface area contributed by atoms with Crippen LogP contribution in [0.2, 0.25) is 0 Å². The van der Waals surface area contributed by atoms with E-state index in [4.69, 9.17) is 4.74 Å². The molecule has 0 spiro atoms. The molecule has 1 aromatic rings. The Morgan fingerprint density at radius 1 is 1.42 bits per heavy atom. The van der Waals surface area contributed by atoms with Crippen LogP contribution in [0.1, 0.15) is 12.5 Å². The first kappa shape index (κ1) is 16.0. The predicted molar refractivity (Wildman–Crippen MR) is 88.9 cm³/mol. The van der Waals surface area contributed by atoms with Gasteiger partial charge in [-0.25, -0.2) is 4.79 Å². The van der Waals surface area contributed by atoms with E-state index < -0.39 is 5.97 Å². The molecule has 2 N–H and O–H groups in total. The lowest BCUT2D eigenvalue weighted by Gasteiger charge is -2.07. The van der Waals surface area contributed by atoms with E-state index in [-0.39, 0.29) is 24.4 Å². The van der Waals surface area contributed by atoms with E-state index in [9.17, 15) is 9.90 Å². The first-order chi connectivity index (χ1) is 11.5. The minimum atomic E-state index is -0.395. The predicted octanol–water partition coefficient (Wildman–Crippen LogP) is 2.53. The van der Waals surface area contributed by atoms with Crippen molar-refractivity contribution in [1.82, 2.24) is 5.43 Å². The number of aromatic hydroxyl groups is 1. The molecule has 6 nitrogen and oxygen atoms in total. The topological polar surface area (TPSA) is 73.9 Å². The van der Waals surface area contributed by atoms with Gasteiger partial charge in [0.05, 0.1) is 6.61 Å². The van der Waals surface area contributed by atoms with Crippen LogP contribution in [0, 0.1) is 0 Å². The second-order valence-corrected chi connectivity index (χ2v) is 5.83. The van der Waals surface area contributed by atoms with Crippen LogP contribution in [-0.4, -0.2) is 34.6 Å². The fraction of sp³-hybridized carbons (Fsp3) is 0.278. The number of hydrogen-bond acceptors (Lipinski definition) is 5. The second kappa shape index (κ2) is 6.70. The zero-order chi connectivity index (χ0) is 17.1. The van der Waals surface area contributed by atoms with Gasteiger partial charge in [-0.3, -0.25) is 0 Å². The number of esters is 1. The zero-order valence-corrected chi connectivity index (χ0v) is 13.5. The maximum Gasteiger partial charge on any atom is 0.333 e. The Balaban J connectivity index is 1.71. The van der Waals surface area contributed by atoms with E-state index in [2.05, 4.69) is 17.1 Å². The van der Waals surface area contributed by atoms with E-state index in [0.29, 0.717) is 17.7 Å². The average molecular weight is 326 g/mol. The molecule has 0 saturated carbocycles. The molecule has 0 aromatic heterocycles. The Bertz CT molecular complexity index is 765. The van der Waals surface area contributed by atoms with Gasteiger partial charge in [0.2, 0.25) is 0 Å². The molecule has 24 heavy (non-hydrogen) atoms. The highest BCUT2D eigenvalue weighted by Gasteiger charge is 2.35. The van der Waals surface area contributed by atoms with Gasteiger partial charge in [0.1, 0.15) is 6.04 Å². The van der Waals surface area contributed by atoms with Gasteiger partial charge in [-0.2, -0.15) is 5.43 Å². The summed E-state index contributed by atoms with van der Waals surface area (Å²) in [5, 5.41) is 14.7. The van der Waals surface area contributed by atoms with E-state index in [1.165, 1.54) is 0 Å². The van der Waals surface area contributed by atoms with E-state index in [0.717, 1.165) is 5.56 Å². The Labute approximate surface area is 140 Å². The molecular weight excluding hydrogens is 306 g/mol. The number of carbonyl (C=O) groups excluding carboxylic acids is 1. The van der Waals surface area contributed by atoms with Crippen LogP contribution in [0.4, 0.5) is 5.69 Å². The minimum absolute atomic E-state index is 0.0228. The lowest BCUT2D eigenvalue weighted by atomic mass is 10.1. The molecule has 3 rings (SSSR count). The fourth-order valence-electron chi connectivity index (χ4n) is 2.54. The Kier molecular flexibility index (Phi) is 4.46. The summed E-state index contributed by atoms with van der Waals surface area (Å²) in [6.07, 6.45) is 8.52. The summed E-state index contributed by atoms with van der Waals surface area (Å²) in [6, 6.07) is 5.38. The summed E-state index contributed by atoms with van der Waals surface area (Å²) in [6.45, 7) is 5.42. The summed E-state index contributed by atoms with van der Waals surface area (Å²) < 4.78 is 5.11. The molecule has 6 heteroatoms. The van der Waals surface area contributed by atoms with Crippen molar-refractivity contribution >= 4 is 11.7 Å². The summed E-state index contributed by atoms with van der Waals surface area (Å²) in [5.74, 6) is -0.256. The Hall–Kier alpha value is -2.89. The summed E-state index contributed by atoms with van der Waals surface area (Å²) in [4.78, 5) is 13.0. The molecule has 1 heterocycles. The maximum atomic E-state index is 11.4. The number of ether oxygens (including phenoxy) is 1. The number of hydrazine groups is 1. The summed E-state index contributed by atoms with van der Waals surface area (Å²) in [5.41, 5.74) is 5.14. The third kappa shape index (κ3) is 3.37. The average Bonchev–Trinajstić information content (AvgIpc) is 3.00. The highest BCUT2D eigenvalue weighted by molar-refractivity contribution is 5.86. The van der Waals surface area contributed by atoms with Gasteiger partial charge in [-0.1, -0.05) is 36.9 Å². The third-order valence-electron chi connectivity index (χ3n) is 3.87. The largest absolute Gasteiger partial charge is 0.502 e. The van der Waals surface area contributed by atoms with E-state index >= 15 is 0 Å². The summed E-state index contributed by atoms with van der Waals surface area (Å²) >= 11 is 0. The molecule has 2 aliphatic rings. The van der Waals surface area contributed by atoms with Gasteiger partial charge in [-0.05, 0) is 18.6 Å². The molecule has 0 radical (unpaired) electrons. The van der Waals surface area contributed by atoms with Crippen molar-refractivity contribution in [2.45, 2.75) is 25.4 Å². The molecule has 2 atom stereocenters. The van der Waals surface area contributed by atoms with Gasteiger partial charge in [0, 0.05) is 28.0 Å². The number of allylic oxidation sites excluding steroid dienone is 2. The van der Waals surface area contributed by atoms with E-state index in [1.807, 2.05) is 30.4 Å². The first-order valence-corrected chi connectivity index (χ1v) is 7.81. The smallest absolute Gasteiger partial charge is 0.333 e. The molecule has 0 amide bonds. The molecule has 0 fully saturated rings. The standard InChI is InChI=1S/C18H19N3O3/c1-12(2)18(23)24-10-9-13-7-8-17(22)16(11-13)21-19-14-5-3-4-6-15(14)20-21/h3-8,11,14-15H,1,9-10H2,2H3,(H-,19,20,22)/p+1. The molecule has 1 aromatic carbocycles. The number of phenolic OH excluding ortho intramolecular Hbond substituents is 1. The van der Waals surface area contributed by atoms with Crippen LogP contribution in [0.3, 0.4) is 0 Å². The SMILES string of the molecule is C=C(C)C(=O)OCCc1ccc(O)c([N+]2=NC3C=CC=CC3N2)c1. The number of hydrogen-bond donors (Lipinski definition) is 2. The molecule has 124 valence electrons. The highest BCUT2D eigenvalue weighted by Crippen LogP contribution is 2.30. The van der Waals surface area contributed by atoms with Crippen LogP contribution < -0.4 is 5.43 Å². The van der Waals surface area contributed by atoms with Crippen molar-refractivity contribution in [2.24, 2.45) is 5.11 Å². The number of nitrogens with one attached hydrogen (secondary N) is 1. The monoisotopic (exact) mass is 326 g/mol. The van der Waals surface area contributed by atoms with Crippen molar-refractivity contribution in [3.63, 3.8) is 0 Å². The number of rotatable bonds is 5. The number of fused-ring (bicyclic) bond motifs is 1. The Morgan fingerprint density at radius 3 is 2.96 bits per heavy atom. The minimum Gasteiger partial charge on any atom is -0.502 e. The highest BCUT2D eigenvalue weighted by atomic mass is 16.5. The quantitative estimate of drug-likeness (QED) is 0.495. The number of benzene rings is 1. The number of nitrogens with zero attached hydrogens (tertiary/aromatic N) is 2. The van der Waals surface area contributed by atoms with Crippen molar-refractivity contribution in [3.05, 3.63) is 60.2 Å². The van der Waals surface area contributed by atoms with Crippen LogP contribution in [0.15, 0.2) is 59.8 Å². The number of carbonyl (C=O) groups is 1. The van der Waals surface area contributed by atoms with Crippen LogP contribution in [0.5, 0.6) is 5.75 Å². The van der Waals surface area contributed by atoms with Gasteiger partial charge >= 0.3 is 11.7 Å². The van der Waals surface area contributed by atoms with E-state index in [1.54, 1.807) is 23.9 Å². The van der Waals surface area contributed by atoms with Crippen LogP contribution in [-0.2, 0) is 16.0 Å². The molecule has 0 bridgehead atoms. The molecule has 1 aliphatic carbocycles. The zero-order valence-electron chi connectivity index (χ0n) is 13.5. The van der Waals surface area contributed by atoms with Crippen LogP contribution >= 0.6 is 0 Å². The van der Waals surface area contributed by atoms with Crippen molar-refractivity contribution < 1.29 is 19.4 Å². The lowest BCUT2D eigenvalue weighted by molar-refractivity contribution is -0.561. The molecule has 0 saturated heterocycles. The van der Waals surface area contributed by atoms with Gasteiger partial charge in [0.15, 0.2) is 11.8 Å². The first-order valence-electron chi connectivity index (χ1n) is 7.81. The van der Waals surface area contributed by atoms with Gasteiger partial charge in [-0.15, -0.1) is 0 Å². The number of azo groups is 1. The van der Waals surface area contributed by atoms with Crippen molar-refractivity contribution in [3.8, 4) is 5.75 Å². The molecule has 2 unspecified atom stereocenters. The van der Waals surface area contributed by atoms with Crippen LogP contribution in [0.25, 0.3) is 0 Å². The maximum absolute atomic E-state index is 11.4. The van der Waals surface area contributed by atoms with Crippen molar-refractivity contribution in [2.75, 3.05) is 6.61 Å². The Morgan fingerprint density at radius 2 is 2.21 bits per heavy atom. The third-order valence-corrected chi connectivity index (χ3v) is 3.87. The normalized spacial score (nSPS) is 21.0. The summed E-state index contributed by atoms with van der Waals surface area (Å²) in [7, 11) is 0. The fourth-order valence-corrected chi connectivity index (χ4v) is 2.54. The van der Waals surface area contributed by atoms with Crippen molar-refractivity contribution in [1.29, 1.82) is 0 Å². The number of phenols is 1. The molecule has 1 aliphatic heterocycles. The lowest BCUT2D eigenvalue weighted by Crippen LogP contribution is -2.33. The van der Waals surface area contributed by atoms with Gasteiger partial charge < -0.3 is 9.84 Å².